The van der Waals surface area contributed by atoms with Gasteiger partial charge in [-0.3, -0.25) is 4.79 Å². The first-order chi connectivity index (χ1) is 7.45. The summed E-state index contributed by atoms with van der Waals surface area (Å²) in [5.74, 6) is -2.16. The molecule has 0 bridgehead atoms. The summed E-state index contributed by atoms with van der Waals surface area (Å²) in [5.41, 5.74) is 5.52. The van der Waals surface area contributed by atoms with Crippen molar-refractivity contribution in [2.24, 2.45) is 17.6 Å². The Hall–Kier alpha value is -1.29. The highest BCUT2D eigenvalue weighted by Crippen LogP contribution is 2.18. The lowest BCUT2D eigenvalue weighted by molar-refractivity contribution is 0.0891. The molecule has 0 radical (unpaired) electrons. The molecule has 16 heavy (non-hydrogen) atoms. The van der Waals surface area contributed by atoms with E-state index in [1.165, 1.54) is 0 Å². The van der Waals surface area contributed by atoms with Crippen molar-refractivity contribution in [1.29, 1.82) is 0 Å². The lowest BCUT2D eigenvalue weighted by Gasteiger charge is -2.17. The molecule has 1 aromatic rings. The van der Waals surface area contributed by atoms with Gasteiger partial charge in [0.25, 0.3) is 0 Å². The number of nitrogens with two attached hydrogens (primary N) is 1. The van der Waals surface area contributed by atoms with E-state index in [-0.39, 0.29) is 23.8 Å². The molecule has 0 fully saturated rings. The Labute approximate surface area is 93.5 Å². The Kier molecular flexibility index (Phi) is 4.12. The molecule has 1 unspecified atom stereocenters. The number of hydrogen-bond acceptors (Lipinski definition) is 2. The van der Waals surface area contributed by atoms with Crippen LogP contribution in [0.25, 0.3) is 0 Å². The quantitative estimate of drug-likeness (QED) is 0.802. The second kappa shape index (κ2) is 5.16. The van der Waals surface area contributed by atoms with Crippen LogP contribution in [0, 0.1) is 23.5 Å². The maximum Gasteiger partial charge on any atom is 0.167 e. The zero-order chi connectivity index (χ0) is 12.3. The van der Waals surface area contributed by atoms with Crippen LogP contribution in [0.5, 0.6) is 0 Å². The molecule has 0 saturated carbocycles. The number of hydrogen-bond donors (Lipinski definition) is 1. The van der Waals surface area contributed by atoms with Crippen LogP contribution in [0.4, 0.5) is 8.78 Å². The average molecular weight is 227 g/mol. The van der Waals surface area contributed by atoms with Gasteiger partial charge in [0.2, 0.25) is 0 Å². The third kappa shape index (κ3) is 2.85. The normalized spacial score (nSPS) is 12.9. The van der Waals surface area contributed by atoms with Crippen molar-refractivity contribution in [3.63, 3.8) is 0 Å². The van der Waals surface area contributed by atoms with Gasteiger partial charge in [0.1, 0.15) is 11.6 Å². The first kappa shape index (κ1) is 12.8. The molecule has 4 heteroatoms. The molecule has 0 aliphatic heterocycles. The Morgan fingerprint density at radius 1 is 1.25 bits per heavy atom. The molecule has 0 aliphatic carbocycles. The van der Waals surface area contributed by atoms with E-state index >= 15 is 0 Å². The molecule has 1 aromatic carbocycles. The number of carbonyl (C=O) groups excluding carboxylic acids is 1. The third-order valence-corrected chi connectivity index (χ3v) is 2.54. The fourth-order valence-corrected chi connectivity index (χ4v) is 1.59. The van der Waals surface area contributed by atoms with Gasteiger partial charge in [-0.1, -0.05) is 13.8 Å². The summed E-state index contributed by atoms with van der Waals surface area (Å²) >= 11 is 0. The maximum atomic E-state index is 12.9. The molecule has 0 aliphatic rings. The number of Topliss-reactive ketones (excluding diaryl/α,β-unsaturated/α-hetero) is 1. The first-order valence-corrected chi connectivity index (χ1v) is 5.16. The lowest BCUT2D eigenvalue weighted by atomic mass is 9.88. The van der Waals surface area contributed by atoms with Gasteiger partial charge < -0.3 is 5.73 Å². The smallest absolute Gasteiger partial charge is 0.167 e. The van der Waals surface area contributed by atoms with E-state index in [1.807, 2.05) is 13.8 Å². The second-order valence-corrected chi connectivity index (χ2v) is 4.11. The second-order valence-electron chi connectivity index (χ2n) is 4.11. The van der Waals surface area contributed by atoms with Gasteiger partial charge in [0.05, 0.1) is 0 Å². The summed E-state index contributed by atoms with van der Waals surface area (Å²) in [4.78, 5) is 11.9. The maximum absolute atomic E-state index is 12.9. The standard InChI is InChI=1S/C12H15F2NO/c1-7(2)11(6-15)12(16)8-3-9(13)5-10(14)4-8/h3-5,7,11H,6,15H2,1-2H3. The van der Waals surface area contributed by atoms with Crippen LogP contribution in [-0.2, 0) is 0 Å². The molecule has 0 heterocycles. The molecule has 0 saturated heterocycles. The molecule has 1 atom stereocenters. The van der Waals surface area contributed by atoms with Crippen LogP contribution in [0.2, 0.25) is 0 Å². The molecule has 2 nitrogen and oxygen atoms in total. The topological polar surface area (TPSA) is 43.1 Å². The predicted molar refractivity (Wildman–Crippen MR) is 58.1 cm³/mol. The van der Waals surface area contributed by atoms with Gasteiger partial charge in [0.15, 0.2) is 5.78 Å². The molecule has 2 N–H and O–H groups in total. The van der Waals surface area contributed by atoms with E-state index in [0.29, 0.717) is 0 Å². The van der Waals surface area contributed by atoms with E-state index in [2.05, 4.69) is 0 Å². The fraction of sp³-hybridized carbons (Fsp3) is 0.417. The highest BCUT2D eigenvalue weighted by molar-refractivity contribution is 5.98. The Morgan fingerprint density at radius 2 is 1.75 bits per heavy atom. The largest absolute Gasteiger partial charge is 0.330 e. The van der Waals surface area contributed by atoms with E-state index in [9.17, 15) is 13.6 Å². The first-order valence-electron chi connectivity index (χ1n) is 5.16. The number of rotatable bonds is 4. The van der Waals surface area contributed by atoms with Gasteiger partial charge in [-0.05, 0) is 18.1 Å². The summed E-state index contributed by atoms with van der Waals surface area (Å²) in [6, 6.07) is 2.82. The van der Waals surface area contributed by atoms with Crippen LogP contribution in [0.3, 0.4) is 0 Å². The van der Waals surface area contributed by atoms with E-state index < -0.39 is 17.6 Å². The van der Waals surface area contributed by atoms with Gasteiger partial charge in [0, 0.05) is 24.1 Å². The van der Waals surface area contributed by atoms with Crippen molar-refractivity contribution in [3.8, 4) is 0 Å². The molecule has 0 amide bonds. The molecule has 0 spiro atoms. The summed E-state index contributed by atoms with van der Waals surface area (Å²) in [6.45, 7) is 3.88. The third-order valence-electron chi connectivity index (χ3n) is 2.54. The van der Waals surface area contributed by atoms with Gasteiger partial charge >= 0.3 is 0 Å². The van der Waals surface area contributed by atoms with Crippen molar-refractivity contribution >= 4 is 5.78 Å². The molecule has 0 aromatic heterocycles. The van der Waals surface area contributed by atoms with Crippen LogP contribution >= 0.6 is 0 Å². The number of ketones is 1. The number of benzene rings is 1. The minimum absolute atomic E-state index is 0.0432. The molecule has 1 rings (SSSR count). The molecular weight excluding hydrogens is 212 g/mol. The minimum atomic E-state index is -0.747. The Morgan fingerprint density at radius 3 is 2.12 bits per heavy atom. The van der Waals surface area contributed by atoms with Crippen LogP contribution in [0.1, 0.15) is 24.2 Å². The highest BCUT2D eigenvalue weighted by atomic mass is 19.1. The van der Waals surface area contributed by atoms with Crippen molar-refractivity contribution in [1.82, 2.24) is 0 Å². The van der Waals surface area contributed by atoms with E-state index in [0.717, 1.165) is 18.2 Å². The predicted octanol–water partition coefficient (Wildman–Crippen LogP) is 2.38. The highest BCUT2D eigenvalue weighted by Gasteiger charge is 2.22. The Bertz CT molecular complexity index is 370. The van der Waals surface area contributed by atoms with Crippen molar-refractivity contribution in [2.75, 3.05) is 6.54 Å². The van der Waals surface area contributed by atoms with Crippen molar-refractivity contribution in [2.45, 2.75) is 13.8 Å². The van der Waals surface area contributed by atoms with Gasteiger partial charge in [-0.2, -0.15) is 0 Å². The van der Waals surface area contributed by atoms with Crippen molar-refractivity contribution in [3.05, 3.63) is 35.4 Å². The van der Waals surface area contributed by atoms with Crippen molar-refractivity contribution < 1.29 is 13.6 Å². The SMILES string of the molecule is CC(C)C(CN)C(=O)c1cc(F)cc(F)c1. The molecule has 88 valence electrons. The summed E-state index contributed by atoms with van der Waals surface area (Å²) in [5, 5.41) is 0. The molecular formula is C12H15F2NO. The lowest BCUT2D eigenvalue weighted by Crippen LogP contribution is -2.28. The number of halogens is 2. The minimum Gasteiger partial charge on any atom is -0.330 e. The van der Waals surface area contributed by atoms with Crippen LogP contribution in [0.15, 0.2) is 18.2 Å². The fourth-order valence-electron chi connectivity index (χ4n) is 1.59. The van der Waals surface area contributed by atoms with Gasteiger partial charge in [-0.15, -0.1) is 0 Å². The number of carbonyl (C=O) groups is 1. The monoisotopic (exact) mass is 227 g/mol. The van der Waals surface area contributed by atoms with Crippen LogP contribution in [-0.4, -0.2) is 12.3 Å². The summed E-state index contributed by atoms with van der Waals surface area (Å²) < 4.78 is 25.9. The zero-order valence-corrected chi connectivity index (χ0v) is 9.34. The summed E-state index contributed by atoms with van der Waals surface area (Å²) in [7, 11) is 0. The van der Waals surface area contributed by atoms with Gasteiger partial charge in [-0.25, -0.2) is 8.78 Å². The van der Waals surface area contributed by atoms with Crippen LogP contribution < -0.4 is 5.73 Å². The van der Waals surface area contributed by atoms with E-state index in [4.69, 9.17) is 5.73 Å². The summed E-state index contributed by atoms with van der Waals surface area (Å²) in [6.07, 6.45) is 0. The van der Waals surface area contributed by atoms with E-state index in [1.54, 1.807) is 0 Å². The average Bonchev–Trinajstić information content (AvgIpc) is 2.16. The Balaban J connectivity index is 3.03. The zero-order valence-electron chi connectivity index (χ0n) is 9.34.